The van der Waals surface area contributed by atoms with Crippen molar-refractivity contribution in [2.24, 2.45) is 7.05 Å². The van der Waals surface area contributed by atoms with Crippen molar-refractivity contribution in [3.8, 4) is 0 Å². The van der Waals surface area contributed by atoms with Gasteiger partial charge in [-0.3, -0.25) is 29.1 Å². The number of aryl methyl sites for hydroxylation is 2. The summed E-state index contributed by atoms with van der Waals surface area (Å²) in [5, 5.41) is 25.0. The number of anilines is 1. The Hall–Kier alpha value is -4.74. The van der Waals surface area contributed by atoms with E-state index in [9.17, 15) is 19.7 Å². The van der Waals surface area contributed by atoms with E-state index in [2.05, 4.69) is 20.8 Å². The van der Waals surface area contributed by atoms with E-state index in [1.54, 1.807) is 62.0 Å². The summed E-state index contributed by atoms with van der Waals surface area (Å²) in [5.41, 5.74) is 2.48. The second kappa shape index (κ2) is 9.63. The van der Waals surface area contributed by atoms with E-state index >= 15 is 0 Å². The lowest BCUT2D eigenvalue weighted by molar-refractivity contribution is -0.386. The summed E-state index contributed by atoms with van der Waals surface area (Å²) < 4.78 is 8.15. The maximum absolute atomic E-state index is 12.8. The fourth-order valence-electron chi connectivity index (χ4n) is 3.70. The molecule has 2 amide bonds. The van der Waals surface area contributed by atoms with Crippen LogP contribution in [0.1, 0.15) is 43.6 Å². The fourth-order valence-corrected chi connectivity index (χ4v) is 3.70. The van der Waals surface area contributed by atoms with Gasteiger partial charge in [-0.25, -0.2) is 0 Å². The number of carbonyl (C=O) groups excluding carboxylic acids is 2. The number of hydrogen-bond acceptors (Lipinski definition) is 7. The number of nitrogens with one attached hydrogen (secondary N) is 2. The number of carbonyl (C=O) groups is 2. The van der Waals surface area contributed by atoms with Gasteiger partial charge in [0, 0.05) is 12.6 Å². The van der Waals surface area contributed by atoms with Crippen molar-refractivity contribution >= 4 is 23.2 Å². The Kier molecular flexibility index (Phi) is 6.44. The van der Waals surface area contributed by atoms with Crippen LogP contribution in [0.2, 0.25) is 0 Å². The van der Waals surface area contributed by atoms with Crippen LogP contribution in [-0.2, 0) is 20.1 Å². The second-order valence-corrected chi connectivity index (χ2v) is 7.88. The van der Waals surface area contributed by atoms with Gasteiger partial charge in [-0.1, -0.05) is 12.1 Å². The van der Waals surface area contributed by atoms with E-state index in [0.717, 1.165) is 5.56 Å². The van der Waals surface area contributed by atoms with E-state index in [0.29, 0.717) is 29.3 Å². The Labute approximate surface area is 199 Å². The average molecular weight is 477 g/mol. The highest BCUT2D eigenvalue weighted by atomic mass is 16.6. The summed E-state index contributed by atoms with van der Waals surface area (Å²) in [6.45, 7) is 3.77. The Bertz CT molecular complexity index is 1380. The van der Waals surface area contributed by atoms with Gasteiger partial charge in [0.2, 0.25) is 0 Å². The minimum absolute atomic E-state index is 0.00136. The Morgan fingerprint density at radius 3 is 2.51 bits per heavy atom. The largest absolute Gasteiger partial charge is 0.467 e. The van der Waals surface area contributed by atoms with Crippen LogP contribution in [0, 0.1) is 24.0 Å². The molecule has 0 radical (unpaired) electrons. The predicted octanol–water partition coefficient (Wildman–Crippen LogP) is 2.97. The zero-order chi connectivity index (χ0) is 25.1. The van der Waals surface area contributed by atoms with Crippen LogP contribution in [0.5, 0.6) is 0 Å². The summed E-state index contributed by atoms with van der Waals surface area (Å²) in [4.78, 5) is 36.2. The van der Waals surface area contributed by atoms with Gasteiger partial charge < -0.3 is 15.1 Å². The van der Waals surface area contributed by atoms with E-state index in [1.807, 2.05) is 0 Å². The molecule has 3 aromatic heterocycles. The highest BCUT2D eigenvalue weighted by Crippen LogP contribution is 2.23. The van der Waals surface area contributed by atoms with Crippen LogP contribution in [0.3, 0.4) is 0 Å². The lowest BCUT2D eigenvalue weighted by Gasteiger charge is -2.09. The van der Waals surface area contributed by atoms with Gasteiger partial charge in [0.25, 0.3) is 11.8 Å². The van der Waals surface area contributed by atoms with Crippen LogP contribution in [0.4, 0.5) is 11.4 Å². The van der Waals surface area contributed by atoms with Crippen molar-refractivity contribution in [2.45, 2.75) is 26.9 Å². The summed E-state index contributed by atoms with van der Waals surface area (Å²) in [5.74, 6) is -0.223. The molecule has 0 unspecified atom stereocenters. The number of benzene rings is 1. The fraction of sp³-hybridized carbons (Fsp3) is 0.217. The van der Waals surface area contributed by atoms with E-state index in [4.69, 9.17) is 4.42 Å². The molecule has 4 aromatic rings. The molecule has 180 valence electrons. The minimum atomic E-state index is -0.439. The minimum Gasteiger partial charge on any atom is -0.467 e. The SMILES string of the molecule is Cc1nn(Cc2ccc(C(=O)Nc3cnn(C)c3C(=O)NCc3ccco3)cc2)c(C)c1[N+](=O)[O-]. The molecule has 12 nitrogen and oxygen atoms in total. The molecule has 0 spiro atoms. The van der Waals surface area contributed by atoms with Crippen molar-refractivity contribution < 1.29 is 18.9 Å². The van der Waals surface area contributed by atoms with Gasteiger partial charge in [-0.2, -0.15) is 10.2 Å². The summed E-state index contributed by atoms with van der Waals surface area (Å²) in [6.07, 6.45) is 2.92. The van der Waals surface area contributed by atoms with Crippen molar-refractivity contribution in [2.75, 3.05) is 5.32 Å². The van der Waals surface area contributed by atoms with Gasteiger partial charge in [-0.05, 0) is 43.7 Å². The first-order valence-corrected chi connectivity index (χ1v) is 10.7. The molecule has 1 aromatic carbocycles. The second-order valence-electron chi connectivity index (χ2n) is 7.88. The number of amides is 2. The first-order valence-electron chi connectivity index (χ1n) is 10.7. The number of furan rings is 1. The molecule has 0 aliphatic rings. The molecule has 0 saturated heterocycles. The monoisotopic (exact) mass is 477 g/mol. The van der Waals surface area contributed by atoms with E-state index in [1.165, 1.54) is 17.1 Å². The maximum atomic E-state index is 12.8. The van der Waals surface area contributed by atoms with Gasteiger partial charge in [0.1, 0.15) is 22.8 Å². The average Bonchev–Trinajstić information content (AvgIpc) is 3.53. The molecule has 0 aliphatic carbocycles. The van der Waals surface area contributed by atoms with Crippen LogP contribution in [0.15, 0.2) is 53.3 Å². The van der Waals surface area contributed by atoms with Crippen LogP contribution in [-0.4, -0.2) is 36.3 Å². The van der Waals surface area contributed by atoms with Crippen molar-refractivity contribution in [3.63, 3.8) is 0 Å². The number of hydrogen-bond donors (Lipinski definition) is 2. The number of aromatic nitrogens is 4. The number of nitro groups is 1. The quantitative estimate of drug-likeness (QED) is 0.292. The smallest absolute Gasteiger partial charge is 0.312 e. The van der Waals surface area contributed by atoms with Crippen molar-refractivity contribution in [3.05, 3.63) is 92.9 Å². The molecule has 0 saturated carbocycles. The first kappa shape index (κ1) is 23.4. The molecule has 2 N–H and O–H groups in total. The molecule has 0 atom stereocenters. The standard InChI is InChI=1S/C23H23N7O5/c1-14-20(30(33)34)15(2)29(27-14)13-16-6-8-17(9-7-16)22(31)26-19-12-25-28(3)21(19)23(32)24-11-18-5-4-10-35-18/h4-10,12H,11,13H2,1-3H3,(H,24,32)(H,26,31). The Morgan fingerprint density at radius 2 is 1.89 bits per heavy atom. The lowest BCUT2D eigenvalue weighted by atomic mass is 10.1. The molecule has 4 rings (SSSR count). The maximum Gasteiger partial charge on any atom is 0.312 e. The highest BCUT2D eigenvalue weighted by molar-refractivity contribution is 6.08. The zero-order valence-corrected chi connectivity index (χ0v) is 19.3. The lowest BCUT2D eigenvalue weighted by Crippen LogP contribution is -2.26. The summed E-state index contributed by atoms with van der Waals surface area (Å²) >= 11 is 0. The normalized spacial score (nSPS) is 10.8. The van der Waals surface area contributed by atoms with Gasteiger partial charge in [0.15, 0.2) is 0 Å². The van der Waals surface area contributed by atoms with E-state index < -0.39 is 16.7 Å². The highest BCUT2D eigenvalue weighted by Gasteiger charge is 2.22. The molecule has 0 aliphatic heterocycles. The van der Waals surface area contributed by atoms with Crippen LogP contribution in [0.25, 0.3) is 0 Å². The molecule has 12 heteroatoms. The molecule has 0 fully saturated rings. The van der Waals surface area contributed by atoms with Gasteiger partial charge in [-0.15, -0.1) is 0 Å². The molecule has 0 bridgehead atoms. The first-order chi connectivity index (χ1) is 16.7. The Balaban J connectivity index is 1.43. The van der Waals surface area contributed by atoms with E-state index in [-0.39, 0.29) is 23.6 Å². The zero-order valence-electron chi connectivity index (χ0n) is 19.3. The summed E-state index contributed by atoms with van der Waals surface area (Å²) in [6, 6.07) is 10.2. The van der Waals surface area contributed by atoms with Crippen LogP contribution >= 0.6 is 0 Å². The van der Waals surface area contributed by atoms with Crippen molar-refractivity contribution in [1.29, 1.82) is 0 Å². The van der Waals surface area contributed by atoms with Gasteiger partial charge in [0.05, 0.1) is 36.2 Å². The predicted molar refractivity (Wildman–Crippen MR) is 125 cm³/mol. The molecular weight excluding hydrogens is 454 g/mol. The molecular formula is C23H23N7O5. The van der Waals surface area contributed by atoms with Crippen LogP contribution < -0.4 is 10.6 Å². The topological polar surface area (TPSA) is 150 Å². The van der Waals surface area contributed by atoms with Gasteiger partial charge >= 0.3 is 5.69 Å². The number of rotatable bonds is 8. The third-order valence-corrected chi connectivity index (χ3v) is 5.48. The third kappa shape index (κ3) is 4.95. The third-order valence-electron chi connectivity index (χ3n) is 5.48. The molecule has 3 heterocycles. The number of nitrogens with zero attached hydrogens (tertiary/aromatic N) is 5. The molecule has 35 heavy (non-hydrogen) atoms. The van der Waals surface area contributed by atoms with Crippen molar-refractivity contribution in [1.82, 2.24) is 24.9 Å². The Morgan fingerprint density at radius 1 is 1.14 bits per heavy atom. The summed E-state index contributed by atoms with van der Waals surface area (Å²) in [7, 11) is 1.61.